The number of hydrogen-bond donors (Lipinski definition) is 1. The van der Waals surface area contributed by atoms with E-state index in [1.165, 1.54) is 0 Å². The summed E-state index contributed by atoms with van der Waals surface area (Å²) in [6.07, 6.45) is -2.37. The lowest BCUT2D eigenvalue weighted by atomic mass is 9.70. The van der Waals surface area contributed by atoms with E-state index in [9.17, 15) is 13.2 Å². The third-order valence-corrected chi connectivity index (χ3v) is 4.30. The maximum Gasteiger partial charge on any atom is 0.391 e. The van der Waals surface area contributed by atoms with E-state index in [4.69, 9.17) is 4.74 Å². The minimum Gasteiger partial charge on any atom is -0.372 e. The van der Waals surface area contributed by atoms with E-state index < -0.39 is 17.7 Å². The molecule has 0 aromatic heterocycles. The molecule has 3 unspecified atom stereocenters. The molecule has 106 valence electrons. The molecule has 2 rings (SSSR count). The lowest BCUT2D eigenvalue weighted by molar-refractivity contribution is -0.219. The van der Waals surface area contributed by atoms with Crippen LogP contribution in [0.4, 0.5) is 13.2 Å². The molecule has 1 aliphatic carbocycles. The Labute approximate surface area is 106 Å². The summed E-state index contributed by atoms with van der Waals surface area (Å²) >= 11 is 0. The Morgan fingerprint density at radius 3 is 2.67 bits per heavy atom. The van der Waals surface area contributed by atoms with Crippen LogP contribution in [0.2, 0.25) is 0 Å². The molecule has 2 nitrogen and oxygen atoms in total. The first-order valence-corrected chi connectivity index (χ1v) is 6.79. The van der Waals surface area contributed by atoms with Crippen molar-refractivity contribution < 1.29 is 17.9 Å². The first-order chi connectivity index (χ1) is 8.35. The zero-order valence-corrected chi connectivity index (χ0v) is 11.0. The smallest absolute Gasteiger partial charge is 0.372 e. The zero-order valence-electron chi connectivity index (χ0n) is 11.0. The quantitative estimate of drug-likeness (QED) is 0.786. The van der Waals surface area contributed by atoms with Crippen molar-refractivity contribution in [2.24, 2.45) is 11.8 Å². The molecule has 0 aromatic rings. The highest BCUT2D eigenvalue weighted by Crippen LogP contribution is 2.46. The first kappa shape index (κ1) is 14.1. The van der Waals surface area contributed by atoms with Crippen molar-refractivity contribution in [3.8, 4) is 0 Å². The molecule has 1 N–H and O–H groups in total. The average Bonchev–Trinajstić information content (AvgIpc) is 2.28. The fraction of sp³-hybridized carbons (Fsp3) is 1.00. The highest BCUT2D eigenvalue weighted by molar-refractivity contribution is 5.01. The predicted molar refractivity (Wildman–Crippen MR) is 63.3 cm³/mol. The summed E-state index contributed by atoms with van der Waals surface area (Å²) in [7, 11) is 0. The third-order valence-electron chi connectivity index (χ3n) is 4.30. The van der Waals surface area contributed by atoms with Gasteiger partial charge in [-0.25, -0.2) is 0 Å². The summed E-state index contributed by atoms with van der Waals surface area (Å²) in [4.78, 5) is 0. The van der Waals surface area contributed by atoms with Gasteiger partial charge >= 0.3 is 6.18 Å². The number of morpholine rings is 1. The van der Waals surface area contributed by atoms with Gasteiger partial charge in [-0.3, -0.25) is 0 Å². The van der Waals surface area contributed by atoms with Crippen molar-refractivity contribution >= 4 is 0 Å². The summed E-state index contributed by atoms with van der Waals surface area (Å²) < 4.78 is 44.6. The van der Waals surface area contributed by atoms with E-state index in [0.29, 0.717) is 13.0 Å². The molecule has 0 radical (unpaired) electrons. The van der Waals surface area contributed by atoms with Gasteiger partial charge in [0.05, 0.1) is 18.1 Å². The van der Waals surface area contributed by atoms with Gasteiger partial charge in [-0.2, -0.15) is 13.2 Å². The molecule has 2 aliphatic rings. The molecule has 0 aromatic carbocycles. The molecule has 1 heterocycles. The van der Waals surface area contributed by atoms with Crippen LogP contribution in [0.3, 0.4) is 0 Å². The van der Waals surface area contributed by atoms with Crippen LogP contribution < -0.4 is 5.32 Å². The van der Waals surface area contributed by atoms with Crippen LogP contribution in [0.1, 0.15) is 39.5 Å². The summed E-state index contributed by atoms with van der Waals surface area (Å²) in [6.45, 7) is 5.35. The largest absolute Gasteiger partial charge is 0.391 e. The Balaban J connectivity index is 2.17. The normalized spacial score (nSPS) is 38.3. The molecule has 1 saturated heterocycles. The maximum absolute atomic E-state index is 12.9. The molecular weight excluding hydrogens is 243 g/mol. The molecule has 5 heteroatoms. The second-order valence-electron chi connectivity index (χ2n) is 5.92. The standard InChI is InChI=1S/C13H22F3NO/c1-9(2)11-12(18-7-6-17-11)5-3-4-10(8-12)13(14,15)16/h9-11,17H,3-8H2,1-2H3. The van der Waals surface area contributed by atoms with E-state index in [-0.39, 0.29) is 24.8 Å². The minimum atomic E-state index is -4.09. The molecule has 0 amide bonds. The van der Waals surface area contributed by atoms with E-state index in [1.807, 2.05) is 13.8 Å². The van der Waals surface area contributed by atoms with Crippen molar-refractivity contribution in [1.82, 2.24) is 5.32 Å². The molecule has 1 spiro atoms. The summed E-state index contributed by atoms with van der Waals surface area (Å²) in [5, 5.41) is 3.36. The molecule has 1 aliphatic heterocycles. The van der Waals surface area contributed by atoms with Crippen LogP contribution in [0.15, 0.2) is 0 Å². The lowest BCUT2D eigenvalue weighted by Crippen LogP contribution is -2.62. The Hall–Kier alpha value is -0.290. The molecule has 0 bridgehead atoms. The highest BCUT2D eigenvalue weighted by Gasteiger charge is 2.52. The van der Waals surface area contributed by atoms with Gasteiger partial charge in [0.2, 0.25) is 0 Å². The molecule has 18 heavy (non-hydrogen) atoms. The third kappa shape index (κ3) is 2.67. The number of hydrogen-bond acceptors (Lipinski definition) is 2. The topological polar surface area (TPSA) is 21.3 Å². The van der Waals surface area contributed by atoms with E-state index in [1.54, 1.807) is 0 Å². The fourth-order valence-electron chi connectivity index (χ4n) is 3.55. The van der Waals surface area contributed by atoms with Gasteiger partial charge in [-0.1, -0.05) is 13.8 Å². The van der Waals surface area contributed by atoms with Gasteiger partial charge in [0.15, 0.2) is 0 Å². The van der Waals surface area contributed by atoms with Crippen molar-refractivity contribution in [1.29, 1.82) is 0 Å². The molecule has 3 atom stereocenters. The van der Waals surface area contributed by atoms with E-state index in [2.05, 4.69) is 5.32 Å². The zero-order chi connectivity index (χ0) is 13.4. The van der Waals surface area contributed by atoms with Gasteiger partial charge in [-0.05, 0) is 31.6 Å². The van der Waals surface area contributed by atoms with Crippen LogP contribution >= 0.6 is 0 Å². The second kappa shape index (κ2) is 5.00. The van der Waals surface area contributed by atoms with Crippen LogP contribution in [-0.4, -0.2) is 31.0 Å². The van der Waals surface area contributed by atoms with Crippen molar-refractivity contribution in [2.45, 2.75) is 57.3 Å². The van der Waals surface area contributed by atoms with E-state index in [0.717, 1.165) is 13.0 Å². The number of rotatable bonds is 1. The predicted octanol–water partition coefficient (Wildman–Crippen LogP) is 3.12. The Bertz CT molecular complexity index is 288. The van der Waals surface area contributed by atoms with Gasteiger partial charge in [0, 0.05) is 12.6 Å². The molecule has 2 fully saturated rings. The molecule has 1 saturated carbocycles. The Kier molecular flexibility index (Phi) is 3.93. The molecular formula is C13H22F3NO. The van der Waals surface area contributed by atoms with Crippen molar-refractivity contribution in [3.63, 3.8) is 0 Å². The van der Waals surface area contributed by atoms with Gasteiger partial charge in [0.1, 0.15) is 0 Å². The van der Waals surface area contributed by atoms with Crippen LogP contribution in [0.5, 0.6) is 0 Å². The Morgan fingerprint density at radius 1 is 1.33 bits per heavy atom. The van der Waals surface area contributed by atoms with Crippen molar-refractivity contribution in [2.75, 3.05) is 13.2 Å². The number of nitrogens with one attached hydrogen (secondary N) is 1. The van der Waals surface area contributed by atoms with Crippen LogP contribution in [0.25, 0.3) is 0 Å². The number of halogens is 3. The number of ether oxygens (including phenoxy) is 1. The lowest BCUT2D eigenvalue weighted by Gasteiger charge is -2.50. The SMILES string of the molecule is CC(C)C1NCCOC12CCCC(C(F)(F)F)C2. The summed E-state index contributed by atoms with van der Waals surface area (Å²) in [5.41, 5.74) is -0.606. The van der Waals surface area contributed by atoms with Crippen molar-refractivity contribution in [3.05, 3.63) is 0 Å². The second-order valence-corrected chi connectivity index (χ2v) is 5.92. The average molecular weight is 265 g/mol. The monoisotopic (exact) mass is 265 g/mol. The van der Waals surface area contributed by atoms with Crippen LogP contribution in [-0.2, 0) is 4.74 Å². The fourth-order valence-corrected chi connectivity index (χ4v) is 3.55. The minimum absolute atomic E-state index is 0.0383. The van der Waals surface area contributed by atoms with Gasteiger partial charge in [0.25, 0.3) is 0 Å². The summed E-state index contributed by atoms with van der Waals surface area (Å²) in [6, 6.07) is 0.0383. The van der Waals surface area contributed by atoms with Gasteiger partial charge < -0.3 is 10.1 Å². The van der Waals surface area contributed by atoms with Gasteiger partial charge in [-0.15, -0.1) is 0 Å². The van der Waals surface area contributed by atoms with Crippen LogP contribution in [0, 0.1) is 11.8 Å². The Morgan fingerprint density at radius 2 is 2.06 bits per heavy atom. The van der Waals surface area contributed by atoms with E-state index >= 15 is 0 Å². The first-order valence-electron chi connectivity index (χ1n) is 6.79. The summed E-state index contributed by atoms with van der Waals surface area (Å²) in [5.74, 6) is -0.912. The number of alkyl halides is 3. The highest BCUT2D eigenvalue weighted by atomic mass is 19.4. The maximum atomic E-state index is 12.9.